The summed E-state index contributed by atoms with van der Waals surface area (Å²) in [4.78, 5) is 11.4. The topological polar surface area (TPSA) is 46.5 Å². The van der Waals surface area contributed by atoms with Crippen LogP contribution in [0.5, 0.6) is 5.75 Å². The highest BCUT2D eigenvalue weighted by Crippen LogP contribution is 2.39. The number of hydrogen-bond donors (Lipinski definition) is 1. The fourth-order valence-corrected chi connectivity index (χ4v) is 2.58. The molecular weight excluding hydrogens is 252 g/mol. The molecule has 1 aromatic rings. The third-order valence-corrected chi connectivity index (χ3v) is 3.92. The van der Waals surface area contributed by atoms with E-state index in [-0.39, 0.29) is 6.61 Å². The first-order valence-corrected chi connectivity index (χ1v) is 6.54. The van der Waals surface area contributed by atoms with E-state index in [1.54, 1.807) is 6.07 Å². The van der Waals surface area contributed by atoms with Crippen LogP contribution in [0.4, 0.5) is 0 Å². The molecule has 98 valence electrons. The van der Waals surface area contributed by atoms with Crippen molar-refractivity contribution in [2.75, 3.05) is 6.61 Å². The zero-order valence-electron chi connectivity index (χ0n) is 10.4. The summed E-state index contributed by atoms with van der Waals surface area (Å²) >= 11 is 6.03. The van der Waals surface area contributed by atoms with Gasteiger partial charge in [-0.3, -0.25) is 4.79 Å². The van der Waals surface area contributed by atoms with Gasteiger partial charge in [-0.25, -0.2) is 0 Å². The summed E-state index contributed by atoms with van der Waals surface area (Å²) in [5.41, 5.74) is 0.317. The van der Waals surface area contributed by atoms with Gasteiger partial charge in [0, 0.05) is 0 Å². The number of ether oxygens (including phenoxy) is 1. The molecule has 18 heavy (non-hydrogen) atoms. The minimum absolute atomic E-state index is 0.200. The van der Waals surface area contributed by atoms with Crippen molar-refractivity contribution in [1.29, 1.82) is 0 Å². The summed E-state index contributed by atoms with van der Waals surface area (Å²) in [5.74, 6) is -0.187. The molecule has 0 aromatic heterocycles. The van der Waals surface area contributed by atoms with Gasteiger partial charge in [-0.2, -0.15) is 0 Å². The van der Waals surface area contributed by atoms with Crippen LogP contribution in [0.1, 0.15) is 31.2 Å². The number of aryl methyl sites for hydroxylation is 1. The lowest BCUT2D eigenvalue weighted by Gasteiger charge is -2.24. The third kappa shape index (κ3) is 2.61. The van der Waals surface area contributed by atoms with E-state index in [0.717, 1.165) is 18.4 Å². The molecule has 0 saturated heterocycles. The third-order valence-electron chi connectivity index (χ3n) is 3.61. The van der Waals surface area contributed by atoms with Crippen LogP contribution < -0.4 is 4.74 Å². The lowest BCUT2D eigenvalue weighted by molar-refractivity contribution is -0.150. The zero-order valence-corrected chi connectivity index (χ0v) is 11.2. The summed E-state index contributed by atoms with van der Waals surface area (Å²) in [7, 11) is 0. The second kappa shape index (κ2) is 5.19. The highest BCUT2D eigenvalue weighted by atomic mass is 35.5. The first-order valence-electron chi connectivity index (χ1n) is 6.16. The molecule has 3 nitrogen and oxygen atoms in total. The zero-order chi connectivity index (χ0) is 13.2. The van der Waals surface area contributed by atoms with Gasteiger partial charge in [-0.05, 0) is 37.5 Å². The first kappa shape index (κ1) is 13.2. The second-order valence-electron chi connectivity index (χ2n) is 5.02. The summed E-state index contributed by atoms with van der Waals surface area (Å²) < 4.78 is 5.65. The summed E-state index contributed by atoms with van der Waals surface area (Å²) in [6.07, 6.45) is 3.28. The van der Waals surface area contributed by atoms with Crippen LogP contribution in [-0.2, 0) is 4.79 Å². The molecule has 0 radical (unpaired) electrons. The van der Waals surface area contributed by atoms with Gasteiger partial charge in [0.1, 0.15) is 17.8 Å². The van der Waals surface area contributed by atoms with E-state index < -0.39 is 11.4 Å². The monoisotopic (exact) mass is 268 g/mol. The molecule has 1 aromatic carbocycles. The van der Waals surface area contributed by atoms with Gasteiger partial charge >= 0.3 is 5.97 Å². The number of benzene rings is 1. The van der Waals surface area contributed by atoms with E-state index in [0.29, 0.717) is 23.6 Å². The van der Waals surface area contributed by atoms with Gasteiger partial charge in [0.15, 0.2) is 0 Å². The molecule has 4 heteroatoms. The maximum Gasteiger partial charge on any atom is 0.313 e. The van der Waals surface area contributed by atoms with Crippen LogP contribution in [0.15, 0.2) is 18.2 Å². The van der Waals surface area contributed by atoms with Crippen LogP contribution >= 0.6 is 11.6 Å². The number of halogens is 1. The maximum atomic E-state index is 11.4. The van der Waals surface area contributed by atoms with Crippen molar-refractivity contribution in [3.05, 3.63) is 28.8 Å². The second-order valence-corrected chi connectivity index (χ2v) is 5.42. The fraction of sp³-hybridized carbons (Fsp3) is 0.500. The molecule has 1 aliphatic rings. The molecule has 0 spiro atoms. The molecule has 0 heterocycles. The smallest absolute Gasteiger partial charge is 0.313 e. The van der Waals surface area contributed by atoms with E-state index in [4.69, 9.17) is 16.3 Å². The Bertz CT molecular complexity index is 450. The van der Waals surface area contributed by atoms with Gasteiger partial charge in [-0.15, -0.1) is 0 Å². The number of carboxylic acid groups (broad SMARTS) is 1. The van der Waals surface area contributed by atoms with Crippen molar-refractivity contribution in [3.8, 4) is 5.75 Å². The fourth-order valence-electron chi connectivity index (χ4n) is 2.41. The van der Waals surface area contributed by atoms with Crippen LogP contribution in [0.3, 0.4) is 0 Å². The number of hydrogen-bond acceptors (Lipinski definition) is 2. The molecule has 2 rings (SSSR count). The van der Waals surface area contributed by atoms with E-state index >= 15 is 0 Å². The van der Waals surface area contributed by atoms with Gasteiger partial charge in [0.25, 0.3) is 0 Å². The number of carbonyl (C=O) groups is 1. The standard InChI is InChI=1S/C14H17ClO3/c1-10-4-5-11(15)12(8-10)18-9-14(13(16)17)6-2-3-7-14/h4-5,8H,2-3,6-7,9H2,1H3,(H,16,17). The Morgan fingerprint density at radius 3 is 2.72 bits per heavy atom. The summed E-state index contributed by atoms with van der Waals surface area (Å²) in [5, 5.41) is 9.88. The molecule has 0 aliphatic heterocycles. The first-order chi connectivity index (χ1) is 8.53. The Balaban J connectivity index is 2.10. The quantitative estimate of drug-likeness (QED) is 0.906. The minimum Gasteiger partial charge on any atom is -0.491 e. The SMILES string of the molecule is Cc1ccc(Cl)c(OCC2(C(=O)O)CCCC2)c1. The van der Waals surface area contributed by atoms with Crippen molar-refractivity contribution in [2.45, 2.75) is 32.6 Å². The highest BCUT2D eigenvalue weighted by Gasteiger charge is 2.42. The Hall–Kier alpha value is -1.22. The van der Waals surface area contributed by atoms with E-state index in [9.17, 15) is 9.90 Å². The summed E-state index contributed by atoms with van der Waals surface area (Å²) in [6.45, 7) is 2.15. The molecule has 0 bridgehead atoms. The van der Waals surface area contributed by atoms with E-state index in [1.165, 1.54) is 0 Å². The highest BCUT2D eigenvalue weighted by molar-refractivity contribution is 6.32. The molecule has 1 fully saturated rings. The van der Waals surface area contributed by atoms with Gasteiger partial charge in [-0.1, -0.05) is 30.5 Å². The Morgan fingerprint density at radius 2 is 2.11 bits per heavy atom. The average Bonchev–Trinajstić information content (AvgIpc) is 2.80. The molecule has 1 saturated carbocycles. The maximum absolute atomic E-state index is 11.4. The van der Waals surface area contributed by atoms with Gasteiger partial charge < -0.3 is 9.84 Å². The normalized spacial score (nSPS) is 17.7. The van der Waals surface area contributed by atoms with E-state index in [2.05, 4.69) is 0 Å². The Kier molecular flexibility index (Phi) is 3.81. The van der Waals surface area contributed by atoms with Crippen molar-refractivity contribution < 1.29 is 14.6 Å². The average molecular weight is 269 g/mol. The molecule has 1 aliphatic carbocycles. The van der Waals surface area contributed by atoms with Crippen LogP contribution in [0, 0.1) is 12.3 Å². The number of carboxylic acids is 1. The van der Waals surface area contributed by atoms with Crippen LogP contribution in [-0.4, -0.2) is 17.7 Å². The number of rotatable bonds is 4. The van der Waals surface area contributed by atoms with Gasteiger partial charge in [0.2, 0.25) is 0 Å². The predicted octanol–water partition coefficient (Wildman–Crippen LogP) is 3.67. The van der Waals surface area contributed by atoms with E-state index in [1.807, 2.05) is 19.1 Å². The summed E-state index contributed by atoms with van der Waals surface area (Å²) in [6, 6.07) is 5.51. The van der Waals surface area contributed by atoms with Crippen LogP contribution in [0.2, 0.25) is 5.02 Å². The van der Waals surface area contributed by atoms with Crippen LogP contribution in [0.25, 0.3) is 0 Å². The van der Waals surface area contributed by atoms with Crippen molar-refractivity contribution in [3.63, 3.8) is 0 Å². The van der Waals surface area contributed by atoms with Crippen molar-refractivity contribution in [2.24, 2.45) is 5.41 Å². The minimum atomic E-state index is -0.760. The molecule has 0 unspecified atom stereocenters. The largest absolute Gasteiger partial charge is 0.491 e. The number of aliphatic carboxylic acids is 1. The van der Waals surface area contributed by atoms with Crippen molar-refractivity contribution in [1.82, 2.24) is 0 Å². The lowest BCUT2D eigenvalue weighted by atomic mass is 9.87. The van der Waals surface area contributed by atoms with Gasteiger partial charge in [0.05, 0.1) is 5.02 Å². The Morgan fingerprint density at radius 1 is 1.44 bits per heavy atom. The van der Waals surface area contributed by atoms with Crippen molar-refractivity contribution >= 4 is 17.6 Å². The molecular formula is C14H17ClO3. The Labute approximate surface area is 112 Å². The molecule has 1 N–H and O–H groups in total. The predicted molar refractivity (Wildman–Crippen MR) is 70.2 cm³/mol. The molecule has 0 amide bonds. The lowest BCUT2D eigenvalue weighted by Crippen LogP contribution is -2.34. The molecule has 0 atom stereocenters.